The van der Waals surface area contributed by atoms with E-state index in [2.05, 4.69) is 21.8 Å². The first-order valence-electron chi connectivity index (χ1n) is 8.26. The Balaban J connectivity index is 1.55. The summed E-state index contributed by atoms with van der Waals surface area (Å²) < 4.78 is 24.3. The predicted molar refractivity (Wildman–Crippen MR) is 87.0 cm³/mol. The van der Waals surface area contributed by atoms with Crippen LogP contribution >= 0.6 is 0 Å². The highest BCUT2D eigenvalue weighted by molar-refractivity contribution is 5.74. The van der Waals surface area contributed by atoms with Gasteiger partial charge in [-0.15, -0.1) is 0 Å². The van der Waals surface area contributed by atoms with E-state index in [1.807, 2.05) is 0 Å². The van der Waals surface area contributed by atoms with Crippen LogP contribution in [-0.2, 0) is 15.9 Å². The van der Waals surface area contributed by atoms with Gasteiger partial charge in [-0.25, -0.2) is 9.37 Å². The summed E-state index contributed by atoms with van der Waals surface area (Å²) >= 11 is 0. The largest absolute Gasteiger partial charge is 0.379 e. The van der Waals surface area contributed by atoms with Gasteiger partial charge in [-0.2, -0.15) is 0 Å². The number of aromatic amines is 1. The van der Waals surface area contributed by atoms with E-state index in [9.17, 15) is 4.39 Å². The molecule has 1 saturated heterocycles. The summed E-state index contributed by atoms with van der Waals surface area (Å²) in [5.74, 6) is 1.08. The molecule has 0 unspecified atom stereocenters. The van der Waals surface area contributed by atoms with Gasteiger partial charge in [0.1, 0.15) is 11.6 Å². The Morgan fingerprint density at radius 1 is 1.30 bits per heavy atom. The third kappa shape index (κ3) is 4.50. The second kappa shape index (κ2) is 7.86. The van der Waals surface area contributed by atoms with E-state index in [0.29, 0.717) is 19.1 Å². The topological polar surface area (TPSA) is 50.4 Å². The van der Waals surface area contributed by atoms with Crippen molar-refractivity contribution in [1.29, 1.82) is 0 Å². The van der Waals surface area contributed by atoms with Crippen LogP contribution in [0, 0.1) is 11.7 Å². The van der Waals surface area contributed by atoms with E-state index in [1.165, 1.54) is 12.1 Å². The zero-order chi connectivity index (χ0) is 16.1. The van der Waals surface area contributed by atoms with Crippen molar-refractivity contribution in [3.8, 4) is 0 Å². The van der Waals surface area contributed by atoms with Gasteiger partial charge in [-0.1, -0.05) is 6.92 Å². The van der Waals surface area contributed by atoms with Crippen LogP contribution in [0.5, 0.6) is 0 Å². The maximum atomic E-state index is 13.2. The van der Waals surface area contributed by atoms with Gasteiger partial charge in [-0.3, -0.25) is 0 Å². The quantitative estimate of drug-likeness (QED) is 0.886. The lowest BCUT2D eigenvalue weighted by atomic mass is 10.1. The molecule has 2 heterocycles. The lowest BCUT2D eigenvalue weighted by Gasteiger charge is -2.24. The molecular formula is C17H24FN3O2. The monoisotopic (exact) mass is 321 g/mol. The zero-order valence-corrected chi connectivity index (χ0v) is 13.6. The highest BCUT2D eigenvalue weighted by Gasteiger charge is 2.17. The number of hydrogen-bond donors (Lipinski definition) is 1. The molecule has 0 aliphatic carbocycles. The Kier molecular flexibility index (Phi) is 5.59. The average molecular weight is 321 g/mol. The summed E-state index contributed by atoms with van der Waals surface area (Å²) in [5, 5.41) is 0. The van der Waals surface area contributed by atoms with Gasteiger partial charge in [0.2, 0.25) is 0 Å². The normalized spacial score (nSPS) is 17.0. The van der Waals surface area contributed by atoms with Crippen molar-refractivity contribution >= 4 is 11.0 Å². The minimum absolute atomic E-state index is 0.240. The number of aromatic nitrogens is 2. The number of benzene rings is 1. The molecule has 0 amide bonds. The first-order valence-corrected chi connectivity index (χ1v) is 8.26. The van der Waals surface area contributed by atoms with Crippen molar-refractivity contribution in [1.82, 2.24) is 14.9 Å². The fourth-order valence-corrected chi connectivity index (χ4v) is 2.93. The molecule has 0 spiro atoms. The minimum Gasteiger partial charge on any atom is -0.379 e. The molecule has 0 radical (unpaired) electrons. The number of likely N-dealkylation sites (N-methyl/N-ethyl adjacent to an activating group) is 1. The number of nitrogens with one attached hydrogen (secondary N) is 1. The van der Waals surface area contributed by atoms with Crippen LogP contribution in [0.3, 0.4) is 0 Å². The summed E-state index contributed by atoms with van der Waals surface area (Å²) in [6.07, 6.45) is 0.818. The number of rotatable bonds is 6. The van der Waals surface area contributed by atoms with Crippen molar-refractivity contribution in [3.63, 3.8) is 0 Å². The molecule has 23 heavy (non-hydrogen) atoms. The third-order valence-electron chi connectivity index (χ3n) is 4.20. The Bertz CT molecular complexity index is 623. The standard InChI is InChI=1S/C17H24FN3O2/c1-2-21(10-13-11-22-7-8-23-12-13)6-5-17-19-15-4-3-14(18)9-16(15)20-17/h3-4,9,13H,2,5-8,10-12H2,1H3,(H,19,20). The van der Waals surface area contributed by atoms with Gasteiger partial charge in [0, 0.05) is 25.4 Å². The van der Waals surface area contributed by atoms with Crippen LogP contribution < -0.4 is 0 Å². The molecule has 1 N–H and O–H groups in total. The molecule has 0 bridgehead atoms. The molecule has 0 saturated carbocycles. The van der Waals surface area contributed by atoms with Crippen LogP contribution in [0.4, 0.5) is 4.39 Å². The molecule has 3 rings (SSSR count). The number of imidazole rings is 1. The number of hydrogen-bond acceptors (Lipinski definition) is 4. The molecule has 0 atom stereocenters. The first-order chi connectivity index (χ1) is 11.2. The van der Waals surface area contributed by atoms with Gasteiger partial charge in [0.25, 0.3) is 0 Å². The highest BCUT2D eigenvalue weighted by Crippen LogP contribution is 2.14. The smallest absolute Gasteiger partial charge is 0.125 e. The number of halogens is 1. The Labute approximate surface area is 135 Å². The average Bonchev–Trinajstić information content (AvgIpc) is 2.77. The molecule has 1 aromatic carbocycles. The van der Waals surface area contributed by atoms with Gasteiger partial charge in [0.05, 0.1) is 37.5 Å². The van der Waals surface area contributed by atoms with Crippen LogP contribution in [0.1, 0.15) is 12.7 Å². The molecule has 1 aliphatic heterocycles. The fourth-order valence-electron chi connectivity index (χ4n) is 2.93. The molecule has 1 aromatic heterocycles. The molecule has 1 aliphatic rings. The molecule has 2 aromatic rings. The van der Waals surface area contributed by atoms with Gasteiger partial charge in [0.15, 0.2) is 0 Å². The molecule has 1 fully saturated rings. The van der Waals surface area contributed by atoms with Crippen molar-refractivity contribution in [2.75, 3.05) is 46.1 Å². The van der Waals surface area contributed by atoms with E-state index in [1.54, 1.807) is 6.07 Å². The second-order valence-corrected chi connectivity index (χ2v) is 6.00. The van der Waals surface area contributed by atoms with Crippen LogP contribution in [0.15, 0.2) is 18.2 Å². The molecule has 6 heteroatoms. The SMILES string of the molecule is CCN(CCc1nc2ccc(F)cc2[nH]1)CC1COCCOC1. The number of H-pyrrole nitrogens is 1. The lowest BCUT2D eigenvalue weighted by molar-refractivity contribution is 0.103. The second-order valence-electron chi connectivity index (χ2n) is 6.00. The van der Waals surface area contributed by atoms with Crippen LogP contribution in [0.2, 0.25) is 0 Å². The highest BCUT2D eigenvalue weighted by atomic mass is 19.1. The minimum atomic E-state index is -0.240. The van der Waals surface area contributed by atoms with E-state index in [4.69, 9.17) is 9.47 Å². The van der Waals surface area contributed by atoms with Crippen molar-refractivity contribution in [2.45, 2.75) is 13.3 Å². The summed E-state index contributed by atoms with van der Waals surface area (Å²) in [6.45, 7) is 7.93. The molecule has 126 valence electrons. The van der Waals surface area contributed by atoms with E-state index < -0.39 is 0 Å². The first kappa shape index (κ1) is 16.4. The van der Waals surface area contributed by atoms with Crippen LogP contribution in [0.25, 0.3) is 11.0 Å². The summed E-state index contributed by atoms with van der Waals surface area (Å²) in [5.41, 5.74) is 1.57. The van der Waals surface area contributed by atoms with Crippen molar-refractivity contribution in [3.05, 3.63) is 29.8 Å². The van der Waals surface area contributed by atoms with Crippen LogP contribution in [-0.4, -0.2) is 60.9 Å². The predicted octanol–water partition coefficient (Wildman–Crippen LogP) is 2.23. The number of fused-ring (bicyclic) bond motifs is 1. The molecular weight excluding hydrogens is 297 g/mol. The summed E-state index contributed by atoms with van der Waals surface area (Å²) in [7, 11) is 0. The molecule has 5 nitrogen and oxygen atoms in total. The summed E-state index contributed by atoms with van der Waals surface area (Å²) in [6, 6.07) is 4.64. The van der Waals surface area contributed by atoms with Gasteiger partial charge in [-0.05, 0) is 24.7 Å². The van der Waals surface area contributed by atoms with E-state index in [0.717, 1.165) is 56.1 Å². The Morgan fingerprint density at radius 3 is 2.83 bits per heavy atom. The van der Waals surface area contributed by atoms with Crippen molar-refractivity contribution < 1.29 is 13.9 Å². The fraction of sp³-hybridized carbons (Fsp3) is 0.588. The van der Waals surface area contributed by atoms with Crippen molar-refractivity contribution in [2.24, 2.45) is 5.92 Å². The van der Waals surface area contributed by atoms with Gasteiger partial charge >= 0.3 is 0 Å². The number of ether oxygens (including phenoxy) is 2. The maximum absolute atomic E-state index is 13.2. The maximum Gasteiger partial charge on any atom is 0.125 e. The van der Waals surface area contributed by atoms with Gasteiger partial charge < -0.3 is 19.4 Å². The van der Waals surface area contributed by atoms with E-state index >= 15 is 0 Å². The van der Waals surface area contributed by atoms with E-state index in [-0.39, 0.29) is 5.82 Å². The Morgan fingerprint density at radius 2 is 2.09 bits per heavy atom. The lowest BCUT2D eigenvalue weighted by Crippen LogP contribution is -2.34. The Hall–Kier alpha value is -1.50. The number of nitrogens with zero attached hydrogens (tertiary/aromatic N) is 2. The summed E-state index contributed by atoms with van der Waals surface area (Å²) in [4.78, 5) is 10.1. The zero-order valence-electron chi connectivity index (χ0n) is 13.6. The third-order valence-corrected chi connectivity index (χ3v) is 4.20.